The highest BCUT2D eigenvalue weighted by Crippen LogP contribution is 2.31. The normalized spacial score (nSPS) is 28.3. The van der Waals surface area contributed by atoms with Crippen LogP contribution in [0.4, 0.5) is 0 Å². The zero-order valence-electron chi connectivity index (χ0n) is 12.9. The highest BCUT2D eigenvalue weighted by Gasteiger charge is 2.31. The molecule has 0 saturated carbocycles. The van der Waals surface area contributed by atoms with Crippen LogP contribution in [0.3, 0.4) is 0 Å². The quantitative estimate of drug-likeness (QED) is 0.782. The molecule has 0 radical (unpaired) electrons. The van der Waals surface area contributed by atoms with Crippen molar-refractivity contribution >= 4 is 0 Å². The van der Waals surface area contributed by atoms with E-state index in [0.29, 0.717) is 5.92 Å². The van der Waals surface area contributed by atoms with Gasteiger partial charge in [0.25, 0.3) is 0 Å². The highest BCUT2D eigenvalue weighted by molar-refractivity contribution is 4.85. The van der Waals surface area contributed by atoms with Crippen molar-refractivity contribution < 1.29 is 5.11 Å². The molecule has 2 atom stereocenters. The zero-order valence-corrected chi connectivity index (χ0v) is 12.9. The first-order valence-corrected chi connectivity index (χ1v) is 7.90. The first kappa shape index (κ1) is 16.0. The summed E-state index contributed by atoms with van der Waals surface area (Å²) in [6.07, 6.45) is 6.57. The third kappa shape index (κ3) is 5.71. The predicted octanol–water partition coefficient (Wildman–Crippen LogP) is 3.69. The zero-order chi connectivity index (χ0) is 13.6. The Labute approximate surface area is 114 Å². The molecule has 1 aliphatic rings. The van der Waals surface area contributed by atoms with Gasteiger partial charge in [-0.1, -0.05) is 27.7 Å². The van der Waals surface area contributed by atoms with E-state index in [9.17, 15) is 5.11 Å². The summed E-state index contributed by atoms with van der Waals surface area (Å²) in [5, 5.41) is 10.8. The van der Waals surface area contributed by atoms with Crippen molar-refractivity contribution in [2.45, 2.75) is 71.8 Å². The van der Waals surface area contributed by atoms with Gasteiger partial charge < -0.3 is 10.0 Å². The third-order valence-electron chi connectivity index (χ3n) is 4.15. The second-order valence-corrected chi connectivity index (χ2v) is 6.86. The van der Waals surface area contributed by atoms with Crippen molar-refractivity contribution in [3.8, 4) is 0 Å². The lowest BCUT2D eigenvalue weighted by molar-refractivity contribution is 0.00158. The van der Waals surface area contributed by atoms with Crippen molar-refractivity contribution in [2.24, 2.45) is 11.8 Å². The number of likely N-dealkylation sites (tertiary alicyclic amines) is 1. The first-order chi connectivity index (χ1) is 8.45. The van der Waals surface area contributed by atoms with E-state index in [-0.39, 0.29) is 0 Å². The van der Waals surface area contributed by atoms with Gasteiger partial charge in [0.1, 0.15) is 0 Å². The number of hydrogen-bond donors (Lipinski definition) is 1. The van der Waals surface area contributed by atoms with Gasteiger partial charge in [-0.15, -0.1) is 0 Å². The van der Waals surface area contributed by atoms with E-state index in [0.717, 1.165) is 38.1 Å². The van der Waals surface area contributed by atoms with Crippen LogP contribution in [0.25, 0.3) is 0 Å². The maximum Gasteiger partial charge on any atom is 0.0663 e. The maximum absolute atomic E-state index is 10.8. The van der Waals surface area contributed by atoms with Crippen molar-refractivity contribution in [1.82, 2.24) is 4.90 Å². The number of hydrogen-bond acceptors (Lipinski definition) is 2. The summed E-state index contributed by atoms with van der Waals surface area (Å²) >= 11 is 0. The molecule has 1 fully saturated rings. The Kier molecular flexibility index (Phi) is 6.65. The van der Waals surface area contributed by atoms with E-state index in [1.165, 1.54) is 25.9 Å². The van der Waals surface area contributed by atoms with E-state index in [1.807, 2.05) is 0 Å². The molecule has 1 N–H and O–H groups in total. The molecule has 0 bridgehead atoms. The van der Waals surface area contributed by atoms with Gasteiger partial charge in [-0.3, -0.25) is 0 Å². The van der Waals surface area contributed by atoms with Gasteiger partial charge in [-0.25, -0.2) is 0 Å². The molecule has 0 aromatic rings. The van der Waals surface area contributed by atoms with Gasteiger partial charge >= 0.3 is 0 Å². The van der Waals surface area contributed by atoms with Crippen LogP contribution in [-0.2, 0) is 0 Å². The number of rotatable bonds is 6. The minimum atomic E-state index is -0.392. The van der Waals surface area contributed by atoms with Gasteiger partial charge in [-0.2, -0.15) is 0 Å². The second-order valence-electron chi connectivity index (χ2n) is 6.86. The van der Waals surface area contributed by atoms with Crippen LogP contribution in [0, 0.1) is 11.8 Å². The summed E-state index contributed by atoms with van der Waals surface area (Å²) in [4.78, 5) is 2.52. The lowest BCUT2D eigenvalue weighted by atomic mass is 9.82. The lowest BCUT2D eigenvalue weighted by Gasteiger charge is -2.30. The van der Waals surface area contributed by atoms with Gasteiger partial charge in [-0.05, 0) is 63.5 Å². The Balaban J connectivity index is 2.43. The molecule has 2 heteroatoms. The van der Waals surface area contributed by atoms with E-state index < -0.39 is 5.60 Å². The fourth-order valence-corrected chi connectivity index (χ4v) is 3.52. The molecule has 2 unspecified atom stereocenters. The standard InChI is InChI=1S/C16H33NO/c1-5-9-17-10-6-7-16(18,8-11-17)13-15(4)12-14(2)3/h14-15,18H,5-13H2,1-4H3. The fraction of sp³-hybridized carbons (Fsp3) is 1.00. The average molecular weight is 255 g/mol. The second kappa shape index (κ2) is 7.49. The minimum absolute atomic E-state index is 0.392. The van der Waals surface area contributed by atoms with Crippen molar-refractivity contribution in [3.05, 3.63) is 0 Å². The van der Waals surface area contributed by atoms with E-state index >= 15 is 0 Å². The largest absolute Gasteiger partial charge is 0.390 e. The minimum Gasteiger partial charge on any atom is -0.390 e. The Morgan fingerprint density at radius 1 is 1.17 bits per heavy atom. The fourth-order valence-electron chi connectivity index (χ4n) is 3.52. The van der Waals surface area contributed by atoms with Crippen LogP contribution in [0.5, 0.6) is 0 Å². The van der Waals surface area contributed by atoms with Crippen LogP contribution in [-0.4, -0.2) is 35.2 Å². The van der Waals surface area contributed by atoms with Crippen LogP contribution in [0.2, 0.25) is 0 Å². The third-order valence-corrected chi connectivity index (χ3v) is 4.15. The topological polar surface area (TPSA) is 23.5 Å². The monoisotopic (exact) mass is 255 g/mol. The number of aliphatic hydroxyl groups is 1. The summed E-state index contributed by atoms with van der Waals surface area (Å²) in [5.41, 5.74) is -0.392. The Morgan fingerprint density at radius 2 is 1.89 bits per heavy atom. The van der Waals surface area contributed by atoms with Crippen LogP contribution < -0.4 is 0 Å². The molecule has 0 aliphatic carbocycles. The molecule has 0 amide bonds. The Morgan fingerprint density at radius 3 is 2.50 bits per heavy atom. The highest BCUT2D eigenvalue weighted by atomic mass is 16.3. The molecular formula is C16H33NO. The molecule has 2 nitrogen and oxygen atoms in total. The Bertz CT molecular complexity index is 229. The predicted molar refractivity (Wildman–Crippen MR) is 78.8 cm³/mol. The average Bonchev–Trinajstić information content (AvgIpc) is 2.40. The van der Waals surface area contributed by atoms with Crippen LogP contribution >= 0.6 is 0 Å². The van der Waals surface area contributed by atoms with Gasteiger partial charge in [0, 0.05) is 6.54 Å². The summed E-state index contributed by atoms with van der Waals surface area (Å²) in [6, 6.07) is 0. The molecule has 0 spiro atoms. The molecule has 1 heterocycles. The maximum atomic E-state index is 10.8. The molecule has 1 aliphatic heterocycles. The lowest BCUT2D eigenvalue weighted by Crippen LogP contribution is -2.33. The first-order valence-electron chi connectivity index (χ1n) is 7.90. The molecule has 0 aromatic carbocycles. The molecule has 108 valence electrons. The van der Waals surface area contributed by atoms with Crippen molar-refractivity contribution in [1.29, 1.82) is 0 Å². The molecule has 18 heavy (non-hydrogen) atoms. The van der Waals surface area contributed by atoms with E-state index in [1.54, 1.807) is 0 Å². The smallest absolute Gasteiger partial charge is 0.0663 e. The summed E-state index contributed by atoms with van der Waals surface area (Å²) < 4.78 is 0. The van der Waals surface area contributed by atoms with Gasteiger partial charge in [0.05, 0.1) is 5.60 Å². The van der Waals surface area contributed by atoms with E-state index in [2.05, 4.69) is 32.6 Å². The SMILES string of the molecule is CCCN1CCCC(O)(CC(C)CC(C)C)CC1. The molecule has 1 rings (SSSR count). The molecular weight excluding hydrogens is 222 g/mol. The summed E-state index contributed by atoms with van der Waals surface area (Å²) in [5.74, 6) is 1.39. The van der Waals surface area contributed by atoms with Gasteiger partial charge in [0.2, 0.25) is 0 Å². The van der Waals surface area contributed by atoms with Crippen molar-refractivity contribution in [2.75, 3.05) is 19.6 Å². The van der Waals surface area contributed by atoms with Crippen LogP contribution in [0.15, 0.2) is 0 Å². The number of nitrogens with zero attached hydrogens (tertiary/aromatic N) is 1. The molecule has 0 aromatic heterocycles. The van der Waals surface area contributed by atoms with Gasteiger partial charge in [0.15, 0.2) is 0 Å². The molecule has 1 saturated heterocycles. The van der Waals surface area contributed by atoms with E-state index in [4.69, 9.17) is 0 Å². The summed E-state index contributed by atoms with van der Waals surface area (Å²) in [7, 11) is 0. The van der Waals surface area contributed by atoms with Crippen molar-refractivity contribution in [3.63, 3.8) is 0 Å². The Hall–Kier alpha value is -0.0800. The summed E-state index contributed by atoms with van der Waals surface area (Å²) in [6.45, 7) is 12.5. The van der Waals surface area contributed by atoms with Crippen LogP contribution in [0.1, 0.15) is 66.2 Å².